The van der Waals surface area contributed by atoms with E-state index >= 15 is 0 Å². The van der Waals surface area contributed by atoms with Crippen LogP contribution in [0.2, 0.25) is 0 Å². The van der Waals surface area contributed by atoms with Crippen molar-refractivity contribution in [1.82, 2.24) is 9.55 Å². The zero-order valence-electron chi connectivity index (χ0n) is 16.7. The Morgan fingerprint density at radius 1 is 1.07 bits per heavy atom. The number of nitrogens with zero attached hydrogens (tertiary/aromatic N) is 1. The normalized spacial score (nSPS) is 10.5. The van der Waals surface area contributed by atoms with Crippen LogP contribution in [-0.2, 0) is 16.6 Å². The molecule has 0 aliphatic heterocycles. The van der Waals surface area contributed by atoms with Crippen LogP contribution in [0.15, 0.2) is 33.9 Å². The Morgan fingerprint density at radius 2 is 1.73 bits per heavy atom. The molecule has 0 spiro atoms. The zero-order chi connectivity index (χ0) is 22.3. The van der Waals surface area contributed by atoms with Crippen molar-refractivity contribution < 1.29 is 23.9 Å². The summed E-state index contributed by atoms with van der Waals surface area (Å²) in [5.41, 5.74) is 3.85. The van der Waals surface area contributed by atoms with Gasteiger partial charge in [0.15, 0.2) is 12.4 Å². The molecule has 0 amide bonds. The maximum absolute atomic E-state index is 12.2. The maximum Gasteiger partial charge on any atom is 0.329 e. The Hall–Kier alpha value is -3.69. The molecule has 2 rings (SSSR count). The number of aromatic nitrogens is 2. The number of hydrogen-bond acceptors (Lipinski definition) is 8. The Morgan fingerprint density at radius 3 is 2.37 bits per heavy atom. The minimum Gasteiger partial charge on any atom is -0.494 e. The van der Waals surface area contributed by atoms with E-state index in [4.69, 9.17) is 15.2 Å². The van der Waals surface area contributed by atoms with Gasteiger partial charge >= 0.3 is 11.7 Å². The number of hydrogen-bond donors (Lipinski definition) is 2. The second kappa shape index (κ2) is 10.2. The van der Waals surface area contributed by atoms with Gasteiger partial charge in [0.1, 0.15) is 17.1 Å². The van der Waals surface area contributed by atoms with E-state index in [1.54, 1.807) is 24.3 Å². The summed E-state index contributed by atoms with van der Waals surface area (Å²) in [4.78, 5) is 61.4. The molecule has 10 heteroatoms. The molecular formula is C20H23N3O7. The summed E-state index contributed by atoms with van der Waals surface area (Å²) in [6, 6.07) is 6.57. The van der Waals surface area contributed by atoms with E-state index in [9.17, 15) is 24.0 Å². The van der Waals surface area contributed by atoms with E-state index in [2.05, 4.69) is 0 Å². The van der Waals surface area contributed by atoms with E-state index in [1.807, 2.05) is 11.9 Å². The number of anilines is 1. The third-order valence-corrected chi connectivity index (χ3v) is 4.22. The van der Waals surface area contributed by atoms with Crippen LogP contribution in [0.3, 0.4) is 0 Å². The Kier molecular flexibility index (Phi) is 7.68. The molecule has 160 valence electrons. The van der Waals surface area contributed by atoms with Gasteiger partial charge in [0.2, 0.25) is 5.78 Å². The number of ether oxygens (including phenoxy) is 2. The van der Waals surface area contributed by atoms with Crippen LogP contribution in [0.1, 0.15) is 46.9 Å². The highest BCUT2D eigenvalue weighted by Crippen LogP contribution is 2.14. The average Bonchev–Trinajstić information content (AvgIpc) is 2.73. The molecule has 1 heterocycles. The fourth-order valence-corrected chi connectivity index (χ4v) is 2.51. The number of esters is 1. The van der Waals surface area contributed by atoms with Gasteiger partial charge in [-0.1, -0.05) is 6.92 Å². The van der Waals surface area contributed by atoms with Gasteiger partial charge in [0, 0.05) is 19.0 Å². The van der Waals surface area contributed by atoms with E-state index in [0.717, 1.165) is 11.0 Å². The summed E-state index contributed by atoms with van der Waals surface area (Å²) >= 11 is 0. The molecule has 0 aliphatic carbocycles. The Bertz CT molecular complexity index is 1050. The van der Waals surface area contributed by atoms with Crippen molar-refractivity contribution in [2.24, 2.45) is 7.05 Å². The first-order valence-electron chi connectivity index (χ1n) is 9.28. The van der Waals surface area contributed by atoms with Gasteiger partial charge in [0.25, 0.3) is 5.56 Å². The molecule has 0 fully saturated rings. The van der Waals surface area contributed by atoms with E-state index in [0.29, 0.717) is 17.9 Å². The predicted octanol–water partition coefficient (Wildman–Crippen LogP) is 0.834. The molecule has 0 saturated heterocycles. The van der Waals surface area contributed by atoms with Crippen LogP contribution >= 0.6 is 0 Å². The lowest BCUT2D eigenvalue weighted by molar-refractivity contribution is -0.142. The summed E-state index contributed by atoms with van der Waals surface area (Å²) in [7, 11) is 1.28. The van der Waals surface area contributed by atoms with E-state index < -0.39 is 35.2 Å². The number of ketones is 2. The number of carbonyl (C=O) groups excluding carboxylic acids is 3. The number of rotatable bonds is 10. The van der Waals surface area contributed by atoms with Crippen LogP contribution in [0.5, 0.6) is 5.75 Å². The molecule has 10 nitrogen and oxygen atoms in total. The molecule has 1 aromatic heterocycles. The quantitative estimate of drug-likeness (QED) is 0.426. The summed E-state index contributed by atoms with van der Waals surface area (Å²) in [6.07, 6.45) is 0.527. The minimum atomic E-state index is -0.960. The Balaban J connectivity index is 1.87. The number of H-pyrrole nitrogens is 1. The smallest absolute Gasteiger partial charge is 0.329 e. The lowest BCUT2D eigenvalue weighted by Crippen LogP contribution is -2.35. The number of benzene rings is 1. The highest BCUT2D eigenvalue weighted by atomic mass is 16.5. The fraction of sp³-hybridized carbons (Fsp3) is 0.350. The van der Waals surface area contributed by atoms with Crippen molar-refractivity contribution in [1.29, 1.82) is 0 Å². The molecule has 0 unspecified atom stereocenters. The van der Waals surface area contributed by atoms with Crippen molar-refractivity contribution in [3.8, 4) is 5.75 Å². The molecule has 30 heavy (non-hydrogen) atoms. The van der Waals surface area contributed by atoms with Crippen molar-refractivity contribution in [2.45, 2.75) is 26.2 Å². The van der Waals surface area contributed by atoms with Crippen LogP contribution < -0.4 is 21.7 Å². The van der Waals surface area contributed by atoms with Gasteiger partial charge in [-0.05, 0) is 30.7 Å². The van der Waals surface area contributed by atoms with Gasteiger partial charge in [-0.3, -0.25) is 28.7 Å². The van der Waals surface area contributed by atoms with Crippen molar-refractivity contribution in [2.75, 3.05) is 18.9 Å². The van der Waals surface area contributed by atoms with Crippen molar-refractivity contribution >= 4 is 23.4 Å². The second-order valence-corrected chi connectivity index (χ2v) is 6.46. The first kappa shape index (κ1) is 22.6. The molecule has 0 radical (unpaired) electrons. The standard InChI is InChI=1S/C20H23N3O7/c1-3-10-29-13-6-4-12(5-7-13)14(24)8-9-16(26)30-11-15(25)17-18(21)23(2)20(28)22-19(17)27/h4-7H,3,8-11,21H2,1-2H3,(H,22,27,28). The first-order chi connectivity index (χ1) is 14.2. The number of Topliss-reactive ketones (excluding diaryl/α,β-unsaturated/α-hetero) is 2. The maximum atomic E-state index is 12.2. The molecule has 1 aromatic carbocycles. The van der Waals surface area contributed by atoms with E-state index in [1.165, 1.54) is 7.05 Å². The van der Waals surface area contributed by atoms with Gasteiger partial charge < -0.3 is 15.2 Å². The average molecular weight is 417 g/mol. The molecule has 0 saturated carbocycles. The first-order valence-corrected chi connectivity index (χ1v) is 9.28. The van der Waals surface area contributed by atoms with Gasteiger partial charge in [-0.15, -0.1) is 0 Å². The molecule has 3 N–H and O–H groups in total. The Labute approximate surface area is 171 Å². The van der Waals surface area contributed by atoms with Gasteiger partial charge in [0.05, 0.1) is 13.0 Å². The largest absolute Gasteiger partial charge is 0.494 e. The van der Waals surface area contributed by atoms with Crippen LogP contribution in [0, 0.1) is 0 Å². The fourth-order valence-electron chi connectivity index (χ4n) is 2.51. The van der Waals surface area contributed by atoms with Gasteiger partial charge in [-0.2, -0.15) is 0 Å². The summed E-state index contributed by atoms with van der Waals surface area (Å²) in [5.74, 6) is -1.57. The van der Waals surface area contributed by atoms with Crippen LogP contribution in [-0.4, -0.2) is 40.3 Å². The van der Waals surface area contributed by atoms with Crippen LogP contribution in [0.25, 0.3) is 0 Å². The third kappa shape index (κ3) is 5.66. The second-order valence-electron chi connectivity index (χ2n) is 6.46. The number of nitrogens with two attached hydrogens (primary N) is 1. The van der Waals surface area contributed by atoms with Crippen LogP contribution in [0.4, 0.5) is 5.82 Å². The van der Waals surface area contributed by atoms with Crippen molar-refractivity contribution in [3.05, 3.63) is 56.2 Å². The predicted molar refractivity (Wildman–Crippen MR) is 108 cm³/mol. The summed E-state index contributed by atoms with van der Waals surface area (Å²) < 4.78 is 11.2. The monoisotopic (exact) mass is 417 g/mol. The third-order valence-electron chi connectivity index (χ3n) is 4.22. The summed E-state index contributed by atoms with van der Waals surface area (Å²) in [5, 5.41) is 0. The zero-order valence-corrected chi connectivity index (χ0v) is 16.7. The highest BCUT2D eigenvalue weighted by Gasteiger charge is 2.20. The number of carbonyl (C=O) groups is 3. The van der Waals surface area contributed by atoms with Gasteiger partial charge in [-0.25, -0.2) is 4.79 Å². The molecule has 0 bridgehead atoms. The van der Waals surface area contributed by atoms with E-state index in [-0.39, 0.29) is 24.4 Å². The SMILES string of the molecule is CCCOc1ccc(C(=O)CCC(=O)OCC(=O)c2c(N)n(C)c(=O)[nH]c2=O)cc1. The molecule has 0 atom stereocenters. The van der Waals surface area contributed by atoms with Crippen molar-refractivity contribution in [3.63, 3.8) is 0 Å². The number of aromatic amines is 1. The minimum absolute atomic E-state index is 0.106. The summed E-state index contributed by atoms with van der Waals surface area (Å²) in [6.45, 7) is 1.83. The number of nitrogens with one attached hydrogen (secondary N) is 1. The molecule has 2 aromatic rings. The topological polar surface area (TPSA) is 151 Å². The lowest BCUT2D eigenvalue weighted by Gasteiger charge is -2.08. The lowest BCUT2D eigenvalue weighted by atomic mass is 10.1. The highest BCUT2D eigenvalue weighted by molar-refractivity contribution is 6.01. The molecular weight excluding hydrogens is 394 g/mol. The molecule has 0 aliphatic rings. The number of nitrogen functional groups attached to an aromatic ring is 1.